The van der Waals surface area contributed by atoms with Gasteiger partial charge in [-0.3, -0.25) is 0 Å². The van der Waals surface area contributed by atoms with Crippen molar-refractivity contribution in [1.29, 1.82) is 0 Å². The van der Waals surface area contributed by atoms with Crippen LogP contribution in [0.4, 0.5) is 0 Å². The van der Waals surface area contributed by atoms with E-state index >= 15 is 0 Å². The van der Waals surface area contributed by atoms with Crippen LogP contribution in [0.1, 0.15) is 13.3 Å². The Morgan fingerprint density at radius 2 is 2.17 bits per heavy atom. The Morgan fingerprint density at radius 3 is 2.89 bits per heavy atom. The smallest absolute Gasteiger partial charge is 0.260 e. The average molecular weight is 268 g/mol. The maximum absolute atomic E-state index is 12.5. The third kappa shape index (κ3) is 2.15. The van der Waals surface area contributed by atoms with E-state index in [0.29, 0.717) is 19.0 Å². The lowest BCUT2D eigenvalue weighted by Gasteiger charge is -2.22. The largest absolute Gasteiger partial charge is 0.368 e. The third-order valence-electron chi connectivity index (χ3n) is 3.46. The molecular formula is C12H16N2O3S. The molecule has 5 nitrogen and oxygen atoms in total. The third-order valence-corrected chi connectivity index (χ3v) is 5.21. The standard InChI is InChI=1S/C12H16N2O3S/c1-9-6-10-11(17-10)8-14(7-9)18(15,16)12-4-2-3-5-13-12/h2-5,9-11H,6-8H2,1H3/t9-,10+,11-/m0/s1. The van der Waals surface area contributed by atoms with Crippen molar-refractivity contribution in [3.8, 4) is 0 Å². The van der Waals surface area contributed by atoms with Gasteiger partial charge < -0.3 is 4.74 Å². The summed E-state index contributed by atoms with van der Waals surface area (Å²) in [5, 5.41) is 0.122. The first-order valence-corrected chi connectivity index (χ1v) is 7.58. The second kappa shape index (κ2) is 4.29. The first kappa shape index (κ1) is 12.1. The minimum atomic E-state index is -3.48. The fraction of sp³-hybridized carbons (Fsp3) is 0.583. The minimum absolute atomic E-state index is 0.0773. The maximum atomic E-state index is 12.5. The molecule has 2 saturated heterocycles. The van der Waals surface area contributed by atoms with Crippen molar-refractivity contribution >= 4 is 10.0 Å². The molecular weight excluding hydrogens is 252 g/mol. The summed E-state index contributed by atoms with van der Waals surface area (Å²) in [7, 11) is -3.48. The number of hydrogen-bond donors (Lipinski definition) is 0. The van der Waals surface area contributed by atoms with E-state index < -0.39 is 10.0 Å². The fourth-order valence-corrected chi connectivity index (χ4v) is 3.97. The van der Waals surface area contributed by atoms with Gasteiger partial charge in [0, 0.05) is 19.3 Å². The monoisotopic (exact) mass is 268 g/mol. The summed E-state index contributed by atoms with van der Waals surface area (Å²) in [6.07, 6.45) is 2.78. The van der Waals surface area contributed by atoms with E-state index in [4.69, 9.17) is 4.74 Å². The molecule has 3 heterocycles. The molecule has 1 aromatic rings. The fourth-order valence-electron chi connectivity index (χ4n) is 2.47. The van der Waals surface area contributed by atoms with Crippen molar-refractivity contribution in [2.75, 3.05) is 13.1 Å². The van der Waals surface area contributed by atoms with Gasteiger partial charge in [-0.05, 0) is 24.5 Å². The number of pyridine rings is 1. The molecule has 0 radical (unpaired) electrons. The molecule has 2 fully saturated rings. The van der Waals surface area contributed by atoms with E-state index in [9.17, 15) is 8.42 Å². The van der Waals surface area contributed by atoms with Crippen LogP contribution in [-0.2, 0) is 14.8 Å². The summed E-state index contributed by atoms with van der Waals surface area (Å²) < 4.78 is 31.9. The molecule has 0 N–H and O–H groups in total. The molecule has 1 aromatic heterocycles. The first-order valence-electron chi connectivity index (χ1n) is 6.14. The number of ether oxygens (including phenoxy) is 1. The molecule has 2 aliphatic rings. The van der Waals surface area contributed by atoms with Crippen molar-refractivity contribution in [1.82, 2.24) is 9.29 Å². The second-order valence-electron chi connectivity index (χ2n) is 5.04. The number of fused-ring (bicyclic) bond motifs is 1. The lowest BCUT2D eigenvalue weighted by Crippen LogP contribution is -2.36. The molecule has 0 spiro atoms. The van der Waals surface area contributed by atoms with Crippen molar-refractivity contribution in [2.45, 2.75) is 30.6 Å². The Morgan fingerprint density at radius 1 is 1.33 bits per heavy atom. The van der Waals surface area contributed by atoms with Gasteiger partial charge in [0.1, 0.15) is 0 Å². The quantitative estimate of drug-likeness (QED) is 0.747. The summed E-state index contributed by atoms with van der Waals surface area (Å²) in [5.74, 6) is 0.320. The number of nitrogens with zero attached hydrogens (tertiary/aromatic N) is 2. The Kier molecular flexibility index (Phi) is 2.88. The molecule has 0 saturated carbocycles. The van der Waals surface area contributed by atoms with Gasteiger partial charge in [-0.25, -0.2) is 13.4 Å². The van der Waals surface area contributed by atoms with Crippen LogP contribution in [-0.4, -0.2) is 43.0 Å². The van der Waals surface area contributed by atoms with Crippen molar-refractivity contribution in [3.63, 3.8) is 0 Å². The van der Waals surface area contributed by atoms with Gasteiger partial charge >= 0.3 is 0 Å². The minimum Gasteiger partial charge on any atom is -0.368 e. The van der Waals surface area contributed by atoms with Gasteiger partial charge in [0.05, 0.1) is 12.2 Å². The Balaban J connectivity index is 1.89. The average Bonchev–Trinajstić information content (AvgIpc) is 3.07. The molecule has 18 heavy (non-hydrogen) atoms. The molecule has 0 aromatic carbocycles. The topological polar surface area (TPSA) is 62.8 Å². The summed E-state index contributed by atoms with van der Waals surface area (Å²) >= 11 is 0. The highest BCUT2D eigenvalue weighted by atomic mass is 32.2. The van der Waals surface area contributed by atoms with Gasteiger partial charge in [0.25, 0.3) is 10.0 Å². The second-order valence-corrected chi connectivity index (χ2v) is 6.93. The van der Waals surface area contributed by atoms with E-state index in [1.54, 1.807) is 12.1 Å². The Hall–Kier alpha value is -0.980. The molecule has 0 unspecified atom stereocenters. The van der Waals surface area contributed by atoms with Crippen LogP contribution in [0.3, 0.4) is 0 Å². The highest BCUT2D eigenvalue weighted by Crippen LogP contribution is 2.34. The van der Waals surface area contributed by atoms with Gasteiger partial charge in [-0.2, -0.15) is 4.31 Å². The van der Waals surface area contributed by atoms with Gasteiger partial charge in [-0.15, -0.1) is 0 Å². The van der Waals surface area contributed by atoms with Crippen molar-refractivity contribution in [2.24, 2.45) is 5.92 Å². The van der Waals surface area contributed by atoms with Crippen LogP contribution in [0, 0.1) is 5.92 Å². The van der Waals surface area contributed by atoms with E-state index in [-0.39, 0.29) is 17.2 Å². The summed E-state index contributed by atoms with van der Waals surface area (Å²) in [4.78, 5) is 3.95. The van der Waals surface area contributed by atoms with Gasteiger partial charge in [-0.1, -0.05) is 13.0 Å². The van der Waals surface area contributed by atoms with Crippen LogP contribution in [0.5, 0.6) is 0 Å². The van der Waals surface area contributed by atoms with E-state index in [1.165, 1.54) is 16.6 Å². The van der Waals surface area contributed by atoms with E-state index in [1.807, 2.05) is 0 Å². The predicted octanol–water partition coefficient (Wildman–Crippen LogP) is 0.879. The number of hydrogen-bond acceptors (Lipinski definition) is 4. The normalized spacial score (nSPS) is 32.6. The molecule has 98 valence electrons. The lowest BCUT2D eigenvalue weighted by atomic mass is 10.1. The van der Waals surface area contributed by atoms with Crippen LogP contribution < -0.4 is 0 Å². The molecule has 3 atom stereocenters. The zero-order valence-corrected chi connectivity index (χ0v) is 11.0. The lowest BCUT2D eigenvalue weighted by molar-refractivity contribution is 0.264. The SMILES string of the molecule is C[C@H]1C[C@H]2O[C@H]2CN(S(=O)(=O)c2ccccn2)C1. The first-order chi connectivity index (χ1) is 8.57. The van der Waals surface area contributed by atoms with Gasteiger partial charge in [0.15, 0.2) is 5.03 Å². The van der Waals surface area contributed by atoms with E-state index in [2.05, 4.69) is 11.9 Å². The Labute approximate surface area is 107 Å². The zero-order valence-electron chi connectivity index (χ0n) is 10.2. The molecule has 2 aliphatic heterocycles. The molecule has 0 aliphatic carbocycles. The highest BCUT2D eigenvalue weighted by Gasteiger charge is 2.46. The van der Waals surface area contributed by atoms with Gasteiger partial charge in [0.2, 0.25) is 0 Å². The summed E-state index contributed by atoms with van der Waals surface area (Å²) in [6.45, 7) is 3.06. The molecule has 0 amide bonds. The van der Waals surface area contributed by atoms with Crippen molar-refractivity contribution in [3.05, 3.63) is 24.4 Å². The van der Waals surface area contributed by atoms with Crippen LogP contribution in [0.2, 0.25) is 0 Å². The van der Waals surface area contributed by atoms with E-state index in [0.717, 1.165) is 6.42 Å². The highest BCUT2D eigenvalue weighted by molar-refractivity contribution is 7.89. The number of aromatic nitrogens is 1. The predicted molar refractivity (Wildman–Crippen MR) is 65.4 cm³/mol. The number of epoxide rings is 1. The van der Waals surface area contributed by atoms with Crippen LogP contribution >= 0.6 is 0 Å². The molecule has 0 bridgehead atoms. The number of sulfonamides is 1. The Bertz CT molecular complexity index is 530. The summed E-state index contributed by atoms with van der Waals surface area (Å²) in [6, 6.07) is 4.94. The number of rotatable bonds is 2. The van der Waals surface area contributed by atoms with Crippen LogP contribution in [0.25, 0.3) is 0 Å². The summed E-state index contributed by atoms with van der Waals surface area (Å²) in [5.41, 5.74) is 0. The molecule has 3 rings (SSSR count). The zero-order chi connectivity index (χ0) is 12.8. The van der Waals surface area contributed by atoms with Crippen molar-refractivity contribution < 1.29 is 13.2 Å². The maximum Gasteiger partial charge on any atom is 0.260 e. The molecule has 6 heteroatoms. The van der Waals surface area contributed by atoms with Crippen LogP contribution in [0.15, 0.2) is 29.4 Å².